The first-order valence-electron chi connectivity index (χ1n) is 7.36. The molecule has 3 heteroatoms. The molecule has 1 aliphatic rings. The van der Waals surface area contributed by atoms with Crippen molar-refractivity contribution in [2.45, 2.75) is 58.2 Å². The number of anilines is 1. The van der Waals surface area contributed by atoms with Crippen molar-refractivity contribution in [3.05, 3.63) is 28.2 Å². The van der Waals surface area contributed by atoms with Crippen molar-refractivity contribution in [2.24, 2.45) is 0 Å². The number of benzene rings is 1. The number of nitrogens with zero attached hydrogens (tertiary/aromatic N) is 1. The lowest BCUT2D eigenvalue weighted by atomic mass is 10.1. The summed E-state index contributed by atoms with van der Waals surface area (Å²) in [6.07, 6.45) is 5.15. The molecular weight excluding hydrogens is 300 g/mol. The van der Waals surface area contributed by atoms with Gasteiger partial charge in [-0.2, -0.15) is 0 Å². The molecule has 0 spiro atoms. The van der Waals surface area contributed by atoms with Crippen molar-refractivity contribution in [1.29, 1.82) is 0 Å². The molecule has 2 rings (SSSR count). The first-order chi connectivity index (χ1) is 9.11. The zero-order chi connectivity index (χ0) is 13.8. The number of halogens is 1. The third-order valence-corrected chi connectivity index (χ3v) is 4.57. The Hall–Kier alpha value is -0.540. The van der Waals surface area contributed by atoms with E-state index >= 15 is 0 Å². The van der Waals surface area contributed by atoms with Crippen LogP contribution >= 0.6 is 15.9 Å². The van der Waals surface area contributed by atoms with Gasteiger partial charge in [-0.15, -0.1) is 0 Å². The predicted molar refractivity (Wildman–Crippen MR) is 86.8 cm³/mol. The lowest BCUT2D eigenvalue weighted by Crippen LogP contribution is -2.28. The smallest absolute Gasteiger partial charge is 0.0510 e. The van der Waals surface area contributed by atoms with Crippen LogP contribution in [-0.2, 0) is 6.54 Å². The maximum Gasteiger partial charge on any atom is 0.0510 e. The lowest BCUT2D eigenvalue weighted by Gasteiger charge is -2.28. The van der Waals surface area contributed by atoms with Crippen LogP contribution in [0.15, 0.2) is 22.7 Å². The zero-order valence-corrected chi connectivity index (χ0v) is 13.8. The Morgan fingerprint density at radius 2 is 2.16 bits per heavy atom. The Kier molecular flexibility index (Phi) is 5.28. The van der Waals surface area contributed by atoms with Gasteiger partial charge in [0, 0.05) is 30.1 Å². The molecule has 1 atom stereocenters. The minimum absolute atomic E-state index is 0.580. The fraction of sp³-hybridized carbons (Fsp3) is 0.625. The highest BCUT2D eigenvalue weighted by Crippen LogP contribution is 2.29. The van der Waals surface area contributed by atoms with Gasteiger partial charge >= 0.3 is 0 Å². The van der Waals surface area contributed by atoms with Gasteiger partial charge in [0.05, 0.1) is 5.69 Å². The Balaban J connectivity index is 2.00. The average molecular weight is 325 g/mol. The molecule has 0 radical (unpaired) electrons. The first-order valence-corrected chi connectivity index (χ1v) is 8.15. The van der Waals surface area contributed by atoms with Crippen LogP contribution in [0.1, 0.15) is 45.1 Å². The van der Waals surface area contributed by atoms with E-state index < -0.39 is 0 Å². The fourth-order valence-corrected chi connectivity index (χ4v) is 3.05. The second kappa shape index (κ2) is 6.76. The number of nitrogens with one attached hydrogen (secondary N) is 1. The minimum Gasteiger partial charge on any atom is -0.371 e. The largest absolute Gasteiger partial charge is 0.371 e. The summed E-state index contributed by atoms with van der Waals surface area (Å²) in [5.41, 5.74) is 2.65. The standard InChI is InChI=1S/C16H25BrN2/c1-4-5-12(2)19(3)16-9-6-13(10-15(16)17)11-18-14-7-8-14/h6,9-10,12,14,18H,4-5,7-8,11H2,1-3H3. The van der Waals surface area contributed by atoms with Crippen LogP contribution in [-0.4, -0.2) is 19.1 Å². The van der Waals surface area contributed by atoms with Gasteiger partial charge in [-0.25, -0.2) is 0 Å². The molecule has 2 nitrogen and oxygen atoms in total. The highest BCUT2D eigenvalue weighted by Gasteiger charge is 2.20. The topological polar surface area (TPSA) is 15.3 Å². The molecular formula is C16H25BrN2. The molecule has 1 aromatic rings. The van der Waals surface area contributed by atoms with Crippen molar-refractivity contribution < 1.29 is 0 Å². The van der Waals surface area contributed by atoms with Gasteiger partial charge in [0.1, 0.15) is 0 Å². The van der Waals surface area contributed by atoms with Gasteiger partial charge in [0.15, 0.2) is 0 Å². The quantitative estimate of drug-likeness (QED) is 0.803. The Morgan fingerprint density at radius 1 is 1.42 bits per heavy atom. The Bertz CT molecular complexity index is 415. The molecule has 0 bridgehead atoms. The second-order valence-electron chi connectivity index (χ2n) is 5.69. The summed E-state index contributed by atoms with van der Waals surface area (Å²) in [6, 6.07) is 8.08. The van der Waals surface area contributed by atoms with Crippen LogP contribution in [0.2, 0.25) is 0 Å². The monoisotopic (exact) mass is 324 g/mol. The highest BCUT2D eigenvalue weighted by molar-refractivity contribution is 9.10. The number of rotatable bonds is 7. The van der Waals surface area contributed by atoms with E-state index in [0.717, 1.165) is 12.6 Å². The molecule has 0 aromatic heterocycles. The Labute approximate surface area is 125 Å². The summed E-state index contributed by atoms with van der Waals surface area (Å²) in [5.74, 6) is 0. The summed E-state index contributed by atoms with van der Waals surface area (Å²) < 4.78 is 1.20. The van der Waals surface area contributed by atoms with Gasteiger partial charge in [0.2, 0.25) is 0 Å². The van der Waals surface area contributed by atoms with Crippen molar-refractivity contribution in [3.63, 3.8) is 0 Å². The third kappa shape index (κ3) is 4.22. The van der Waals surface area contributed by atoms with E-state index in [0.29, 0.717) is 6.04 Å². The van der Waals surface area contributed by atoms with E-state index in [1.165, 1.54) is 41.4 Å². The number of hydrogen-bond donors (Lipinski definition) is 1. The van der Waals surface area contributed by atoms with Crippen LogP contribution in [0.25, 0.3) is 0 Å². The van der Waals surface area contributed by atoms with Crippen molar-refractivity contribution in [3.8, 4) is 0 Å². The summed E-state index contributed by atoms with van der Waals surface area (Å²) in [4.78, 5) is 2.37. The molecule has 1 fully saturated rings. The fourth-order valence-electron chi connectivity index (χ4n) is 2.34. The van der Waals surface area contributed by atoms with E-state index in [1.54, 1.807) is 0 Å². The molecule has 106 valence electrons. The molecule has 1 saturated carbocycles. The van der Waals surface area contributed by atoms with Crippen molar-refractivity contribution in [2.75, 3.05) is 11.9 Å². The van der Waals surface area contributed by atoms with Crippen LogP contribution in [0.3, 0.4) is 0 Å². The number of hydrogen-bond acceptors (Lipinski definition) is 2. The molecule has 1 aliphatic carbocycles. The van der Waals surface area contributed by atoms with Gasteiger partial charge in [-0.3, -0.25) is 0 Å². The summed E-state index contributed by atoms with van der Waals surface area (Å²) in [6.45, 7) is 5.52. The molecule has 0 saturated heterocycles. The summed E-state index contributed by atoms with van der Waals surface area (Å²) in [7, 11) is 2.18. The third-order valence-electron chi connectivity index (χ3n) is 3.93. The zero-order valence-electron chi connectivity index (χ0n) is 12.2. The molecule has 0 amide bonds. The molecule has 0 heterocycles. The maximum absolute atomic E-state index is 3.72. The first kappa shape index (κ1) is 14.9. The van der Waals surface area contributed by atoms with Gasteiger partial charge < -0.3 is 10.2 Å². The van der Waals surface area contributed by atoms with Crippen molar-refractivity contribution >= 4 is 21.6 Å². The summed E-state index contributed by atoms with van der Waals surface area (Å²) >= 11 is 3.72. The summed E-state index contributed by atoms with van der Waals surface area (Å²) in [5, 5.41) is 3.56. The molecule has 0 aliphatic heterocycles. The average Bonchev–Trinajstić information content (AvgIpc) is 3.20. The van der Waals surface area contributed by atoms with E-state index in [-0.39, 0.29) is 0 Å². The van der Waals surface area contributed by atoms with Crippen LogP contribution in [0.4, 0.5) is 5.69 Å². The Morgan fingerprint density at radius 3 is 2.74 bits per heavy atom. The molecule has 1 N–H and O–H groups in total. The van der Waals surface area contributed by atoms with Crippen molar-refractivity contribution in [1.82, 2.24) is 5.32 Å². The van der Waals surface area contributed by atoms with Crippen LogP contribution in [0, 0.1) is 0 Å². The van der Waals surface area contributed by atoms with Gasteiger partial charge in [0.25, 0.3) is 0 Å². The lowest BCUT2D eigenvalue weighted by molar-refractivity contribution is 0.615. The minimum atomic E-state index is 0.580. The molecule has 1 unspecified atom stereocenters. The van der Waals surface area contributed by atoms with E-state index in [1.807, 2.05) is 0 Å². The predicted octanol–water partition coefficient (Wildman–Crippen LogP) is 4.33. The second-order valence-corrected chi connectivity index (χ2v) is 6.54. The van der Waals surface area contributed by atoms with E-state index in [2.05, 4.69) is 65.2 Å². The SMILES string of the molecule is CCCC(C)N(C)c1ccc(CNC2CC2)cc1Br. The van der Waals surface area contributed by atoms with E-state index in [4.69, 9.17) is 0 Å². The normalized spacial score (nSPS) is 16.4. The maximum atomic E-state index is 3.72. The molecule has 1 aromatic carbocycles. The van der Waals surface area contributed by atoms with Gasteiger partial charge in [-0.05, 0) is 59.8 Å². The highest BCUT2D eigenvalue weighted by atomic mass is 79.9. The van der Waals surface area contributed by atoms with Crippen LogP contribution in [0.5, 0.6) is 0 Å². The van der Waals surface area contributed by atoms with E-state index in [9.17, 15) is 0 Å². The van der Waals surface area contributed by atoms with Crippen LogP contribution < -0.4 is 10.2 Å². The van der Waals surface area contributed by atoms with Gasteiger partial charge in [-0.1, -0.05) is 19.4 Å². The molecule has 19 heavy (non-hydrogen) atoms.